The Balaban J connectivity index is 1.34. The van der Waals surface area contributed by atoms with E-state index >= 15 is 0 Å². The Hall–Kier alpha value is -3.72. The molecule has 486 valence electrons. The zero-order chi connectivity index (χ0) is 60.9. The van der Waals surface area contributed by atoms with Gasteiger partial charge in [-0.25, -0.2) is 0 Å². The van der Waals surface area contributed by atoms with Crippen LogP contribution < -0.4 is 0 Å². The normalized spacial score (nSPS) is 12.2. The third kappa shape index (κ3) is 22.9. The maximum absolute atomic E-state index is 4.31. The summed E-state index contributed by atoms with van der Waals surface area (Å²) in [6.45, 7) is 14.1. The van der Waals surface area contributed by atoms with Crippen molar-refractivity contribution in [3.8, 4) is 0 Å². The van der Waals surface area contributed by atoms with Crippen LogP contribution in [0.15, 0.2) is 36.4 Å². The Morgan fingerprint density at radius 3 is 0.506 bits per heavy atom. The number of nitrogens with one attached hydrogen (secondary N) is 3. The monoisotopic (exact) mass is 1190 g/mol. The summed E-state index contributed by atoms with van der Waals surface area (Å²) in [6.07, 6.45) is 73.0. The first kappa shape index (κ1) is 70.7. The first-order chi connectivity index (χ1) is 43.0. The van der Waals surface area contributed by atoms with E-state index in [2.05, 4.69) is 92.9 Å². The van der Waals surface area contributed by atoms with Gasteiger partial charge in [-0.15, -0.1) is 0 Å². The predicted molar refractivity (Wildman–Crippen MR) is 392 cm³/mol. The van der Waals surface area contributed by atoms with Gasteiger partial charge < -0.3 is 15.0 Å². The molecule has 0 aliphatic rings. The van der Waals surface area contributed by atoms with Crippen molar-refractivity contribution in [2.24, 2.45) is 0 Å². The minimum Gasteiger partial charge on any atom is -0.354 e. The zero-order valence-corrected chi connectivity index (χ0v) is 58.1. The Labute approximate surface area is 535 Å². The highest BCUT2D eigenvalue weighted by molar-refractivity contribution is 6.38. The number of hydrogen-bond acceptors (Lipinski definition) is 0. The second kappa shape index (κ2) is 42.4. The summed E-state index contributed by atoms with van der Waals surface area (Å²) in [5, 5.41) is 8.62. The van der Waals surface area contributed by atoms with E-state index in [9.17, 15) is 0 Å². The average Bonchev–Trinajstić information content (AvgIpc) is 1.55. The molecule has 0 radical (unpaired) electrons. The van der Waals surface area contributed by atoms with Gasteiger partial charge in [0.2, 0.25) is 0 Å². The van der Waals surface area contributed by atoms with Gasteiger partial charge in [-0.1, -0.05) is 311 Å². The molecule has 7 aromatic rings. The third-order valence-electron chi connectivity index (χ3n) is 20.9. The number of aryl methyl sites for hydroxylation is 6. The molecule has 7 rings (SSSR count). The Morgan fingerprint density at radius 1 is 0.184 bits per heavy atom. The highest BCUT2D eigenvalue weighted by atomic mass is 14.8. The fourth-order valence-electron chi connectivity index (χ4n) is 15.4. The minimum atomic E-state index is 1.20. The van der Waals surface area contributed by atoms with Crippen molar-refractivity contribution in [1.82, 2.24) is 15.0 Å². The SMILES string of the molecule is CCCCCCCCCCc1cc2[nH]c3c(c2cc1CCCCCCCCCC)c1[nH]c2cc(CCCCCCCCCC)c(CCCCCCCCCC)cc2c1c1[nH]c2cc(CCCCCCCCCC)c(CCCCCCCCCC)cc2c31. The van der Waals surface area contributed by atoms with Gasteiger partial charge in [0.05, 0.1) is 16.6 Å². The van der Waals surface area contributed by atoms with Crippen molar-refractivity contribution >= 4 is 65.4 Å². The van der Waals surface area contributed by atoms with Crippen LogP contribution in [0.1, 0.15) is 383 Å². The summed E-state index contributed by atoms with van der Waals surface area (Å²) < 4.78 is 0. The molecule has 0 bridgehead atoms. The average molecular weight is 1190 g/mol. The lowest BCUT2D eigenvalue weighted by atomic mass is 9.92. The number of unbranched alkanes of at least 4 members (excludes halogenated alkanes) is 42. The first-order valence-corrected chi connectivity index (χ1v) is 39.1. The van der Waals surface area contributed by atoms with E-state index in [0.29, 0.717) is 0 Å². The number of aromatic amines is 3. The smallest absolute Gasteiger partial charge is 0.0588 e. The largest absolute Gasteiger partial charge is 0.354 e. The lowest BCUT2D eigenvalue weighted by Gasteiger charge is -2.12. The van der Waals surface area contributed by atoms with Gasteiger partial charge in [0.1, 0.15) is 0 Å². The second-order valence-electron chi connectivity index (χ2n) is 28.5. The van der Waals surface area contributed by atoms with E-state index in [1.807, 2.05) is 0 Å². The van der Waals surface area contributed by atoms with Crippen LogP contribution in [0.25, 0.3) is 65.4 Å². The summed E-state index contributed by atoms with van der Waals surface area (Å²) in [7, 11) is 0. The van der Waals surface area contributed by atoms with E-state index in [0.717, 1.165) is 0 Å². The molecule has 0 fully saturated rings. The van der Waals surface area contributed by atoms with Gasteiger partial charge in [0.15, 0.2) is 0 Å². The lowest BCUT2D eigenvalue weighted by molar-refractivity contribution is 0.571. The summed E-state index contributed by atoms with van der Waals surface area (Å²) in [4.78, 5) is 12.9. The first-order valence-electron chi connectivity index (χ1n) is 39.1. The van der Waals surface area contributed by atoms with Crippen molar-refractivity contribution in [2.45, 2.75) is 388 Å². The van der Waals surface area contributed by atoms with Gasteiger partial charge >= 0.3 is 0 Å². The van der Waals surface area contributed by atoms with Crippen molar-refractivity contribution in [2.75, 3.05) is 0 Å². The highest BCUT2D eigenvalue weighted by Gasteiger charge is 2.24. The van der Waals surface area contributed by atoms with Crippen molar-refractivity contribution < 1.29 is 0 Å². The number of H-pyrrole nitrogens is 3. The number of hydrogen-bond donors (Lipinski definition) is 3. The minimum absolute atomic E-state index is 1.20. The van der Waals surface area contributed by atoms with Crippen LogP contribution >= 0.6 is 0 Å². The quantitative estimate of drug-likeness (QED) is 0.0318. The van der Waals surface area contributed by atoms with Gasteiger partial charge in [-0.3, -0.25) is 0 Å². The molecular weight excluding hydrogens is 1050 g/mol. The second-order valence-corrected chi connectivity index (χ2v) is 28.5. The van der Waals surface area contributed by atoms with Crippen LogP contribution in [-0.2, 0) is 38.5 Å². The molecule has 0 amide bonds. The van der Waals surface area contributed by atoms with Gasteiger partial charge in [-0.2, -0.15) is 0 Å². The number of aromatic nitrogens is 3. The molecule has 0 atom stereocenters. The van der Waals surface area contributed by atoms with Crippen LogP contribution in [0.2, 0.25) is 0 Å². The van der Waals surface area contributed by atoms with Gasteiger partial charge in [0, 0.05) is 48.9 Å². The van der Waals surface area contributed by atoms with Gasteiger partial charge in [-0.05, 0) is 147 Å². The molecule has 3 aromatic heterocycles. The Kier molecular flexibility index (Phi) is 34.4. The fourth-order valence-corrected chi connectivity index (χ4v) is 15.4. The molecular formula is C84H135N3. The van der Waals surface area contributed by atoms with E-state index in [1.165, 1.54) is 412 Å². The van der Waals surface area contributed by atoms with Crippen LogP contribution in [0.3, 0.4) is 0 Å². The van der Waals surface area contributed by atoms with Crippen molar-refractivity contribution in [1.29, 1.82) is 0 Å². The van der Waals surface area contributed by atoms with E-state index in [1.54, 1.807) is 33.4 Å². The van der Waals surface area contributed by atoms with Crippen LogP contribution in [0, 0.1) is 0 Å². The number of rotatable bonds is 54. The topological polar surface area (TPSA) is 47.4 Å². The number of fused-ring (bicyclic) bond motifs is 12. The summed E-state index contributed by atoms with van der Waals surface area (Å²) >= 11 is 0. The molecule has 0 saturated heterocycles. The van der Waals surface area contributed by atoms with Crippen LogP contribution in [0.4, 0.5) is 0 Å². The molecule has 0 spiro atoms. The fraction of sp³-hybridized carbons (Fsp3) is 0.714. The molecule has 3 heterocycles. The Morgan fingerprint density at radius 2 is 0.333 bits per heavy atom. The molecule has 3 N–H and O–H groups in total. The lowest BCUT2D eigenvalue weighted by Crippen LogP contribution is -1.96. The summed E-state index contributed by atoms with van der Waals surface area (Å²) in [5.74, 6) is 0. The van der Waals surface area contributed by atoms with E-state index in [4.69, 9.17) is 0 Å². The van der Waals surface area contributed by atoms with Crippen LogP contribution in [-0.4, -0.2) is 15.0 Å². The maximum atomic E-state index is 4.31. The molecule has 0 unspecified atom stereocenters. The van der Waals surface area contributed by atoms with Crippen molar-refractivity contribution in [3.05, 3.63) is 69.8 Å². The van der Waals surface area contributed by atoms with E-state index in [-0.39, 0.29) is 0 Å². The van der Waals surface area contributed by atoms with Crippen molar-refractivity contribution in [3.63, 3.8) is 0 Å². The molecule has 0 aliphatic carbocycles. The Bertz CT molecular complexity index is 2590. The molecule has 3 nitrogen and oxygen atoms in total. The molecule has 87 heavy (non-hydrogen) atoms. The summed E-state index contributed by atoms with van der Waals surface area (Å²) in [5.41, 5.74) is 17.8. The molecule has 3 heteroatoms. The van der Waals surface area contributed by atoms with Crippen LogP contribution in [0.5, 0.6) is 0 Å². The predicted octanol–water partition coefficient (Wildman–Crippen LogP) is 28.7. The number of benzene rings is 4. The standard InChI is InChI=1S/C84H135N3/c1-7-13-19-25-31-37-43-49-55-67-61-73-76(64-70(67)58-52-46-40-34-28-22-16-10-4)85-82-79(73)83-81(74-62-68(56-50-44-38-32-26-20-14-8-2)71(65-77(74)86-83)59-53-47-41-35-29-23-17-11-5)84-80(82)75-63-69(57-51-45-39-33-27-21-15-9-3)72(66-78(75)87-84)60-54-48-42-36-30-24-18-12-6/h61-66,85-87H,7-60H2,1-6H3. The maximum Gasteiger partial charge on any atom is 0.0588 e. The van der Waals surface area contributed by atoms with E-state index < -0.39 is 0 Å². The molecule has 0 aliphatic heterocycles. The molecule has 0 saturated carbocycles. The third-order valence-corrected chi connectivity index (χ3v) is 20.9. The summed E-state index contributed by atoms with van der Waals surface area (Å²) in [6, 6.07) is 16.1. The zero-order valence-electron chi connectivity index (χ0n) is 58.1. The molecule has 4 aromatic carbocycles. The van der Waals surface area contributed by atoms with Gasteiger partial charge in [0.25, 0.3) is 0 Å². The highest BCUT2D eigenvalue weighted by Crippen LogP contribution is 2.46.